The Kier molecular flexibility index (Phi) is 5.11. The molecule has 0 aliphatic rings. The fourth-order valence-electron chi connectivity index (χ4n) is 1.63. The molecule has 2 aromatic rings. The summed E-state index contributed by atoms with van der Waals surface area (Å²) in [5, 5.41) is 5.52. The third-order valence-electron chi connectivity index (χ3n) is 2.80. The van der Waals surface area contributed by atoms with Gasteiger partial charge in [-0.15, -0.1) is 0 Å². The van der Waals surface area contributed by atoms with Gasteiger partial charge < -0.3 is 5.32 Å². The summed E-state index contributed by atoms with van der Waals surface area (Å²) in [4.78, 5) is 5.35. The number of pyridine rings is 1. The Bertz CT molecular complexity index is 575. The van der Waals surface area contributed by atoms with Gasteiger partial charge in [-0.25, -0.2) is 4.98 Å². The quantitative estimate of drug-likeness (QED) is 0.876. The van der Waals surface area contributed by atoms with Crippen molar-refractivity contribution in [2.24, 2.45) is 0 Å². The Morgan fingerprint density at radius 2 is 2.05 bits per heavy atom. The van der Waals surface area contributed by atoms with Crippen LogP contribution >= 0.6 is 35.0 Å². The smallest absolute Gasteiger partial charge is 0.106 e. The Morgan fingerprint density at radius 1 is 1.26 bits per heavy atom. The molecule has 0 fully saturated rings. The van der Waals surface area contributed by atoms with Gasteiger partial charge in [0.25, 0.3) is 0 Å². The minimum atomic E-state index is 0.231. The van der Waals surface area contributed by atoms with E-state index in [1.165, 1.54) is 11.8 Å². The zero-order valence-corrected chi connectivity index (χ0v) is 13.0. The fraction of sp³-hybridized carbons (Fsp3) is 0.214. The minimum Gasteiger partial charge on any atom is -0.313 e. The number of halogens is 2. The lowest BCUT2D eigenvalue weighted by Gasteiger charge is -2.14. The van der Waals surface area contributed by atoms with Crippen LogP contribution in [0, 0.1) is 0 Å². The molecule has 19 heavy (non-hydrogen) atoms. The number of aromatic nitrogens is 1. The van der Waals surface area contributed by atoms with E-state index in [4.69, 9.17) is 23.2 Å². The average molecular weight is 313 g/mol. The van der Waals surface area contributed by atoms with Crippen LogP contribution in [-0.2, 0) is 0 Å². The van der Waals surface area contributed by atoms with E-state index in [0.717, 1.165) is 15.5 Å². The Hall–Kier alpha value is -0.740. The summed E-state index contributed by atoms with van der Waals surface area (Å²) in [6.45, 7) is 2.10. The first-order valence-electron chi connectivity index (χ1n) is 5.87. The molecule has 1 heterocycles. The van der Waals surface area contributed by atoms with Crippen molar-refractivity contribution < 1.29 is 0 Å². The van der Waals surface area contributed by atoms with Gasteiger partial charge in [0.2, 0.25) is 0 Å². The largest absolute Gasteiger partial charge is 0.313 e. The molecule has 0 saturated carbocycles. The topological polar surface area (TPSA) is 24.9 Å². The molecule has 0 radical (unpaired) electrons. The summed E-state index contributed by atoms with van der Waals surface area (Å²) in [7, 11) is 1.93. The van der Waals surface area contributed by atoms with Gasteiger partial charge in [0.05, 0.1) is 5.02 Å². The van der Waals surface area contributed by atoms with Crippen LogP contribution in [0.2, 0.25) is 10.0 Å². The maximum Gasteiger partial charge on any atom is 0.106 e. The molecule has 2 rings (SSSR count). The highest BCUT2D eigenvalue weighted by atomic mass is 35.5. The van der Waals surface area contributed by atoms with Crippen molar-refractivity contribution in [2.75, 3.05) is 7.05 Å². The van der Waals surface area contributed by atoms with E-state index < -0.39 is 0 Å². The van der Waals surface area contributed by atoms with Crippen molar-refractivity contribution in [3.05, 3.63) is 52.1 Å². The van der Waals surface area contributed by atoms with Gasteiger partial charge >= 0.3 is 0 Å². The number of hydrogen-bond donors (Lipinski definition) is 1. The average Bonchev–Trinajstić information content (AvgIpc) is 2.42. The molecule has 5 heteroatoms. The van der Waals surface area contributed by atoms with Gasteiger partial charge in [0.15, 0.2) is 0 Å². The van der Waals surface area contributed by atoms with Crippen LogP contribution in [0.5, 0.6) is 0 Å². The second-order valence-corrected chi connectivity index (χ2v) is 5.96. The molecule has 0 amide bonds. The van der Waals surface area contributed by atoms with Crippen LogP contribution in [0.15, 0.2) is 46.5 Å². The van der Waals surface area contributed by atoms with Gasteiger partial charge in [-0.2, -0.15) is 0 Å². The van der Waals surface area contributed by atoms with E-state index in [-0.39, 0.29) is 6.04 Å². The van der Waals surface area contributed by atoms with Crippen molar-refractivity contribution in [3.63, 3.8) is 0 Å². The molecule has 0 saturated heterocycles. The molecular formula is C14H14Cl2N2S. The highest BCUT2D eigenvalue weighted by molar-refractivity contribution is 7.99. The molecule has 1 aromatic heterocycles. The molecule has 0 spiro atoms. The van der Waals surface area contributed by atoms with E-state index >= 15 is 0 Å². The van der Waals surface area contributed by atoms with Crippen LogP contribution in [-0.4, -0.2) is 12.0 Å². The minimum absolute atomic E-state index is 0.231. The van der Waals surface area contributed by atoms with Crippen LogP contribution in [0.3, 0.4) is 0 Å². The standard InChI is InChI=1S/C14H14Cl2N2S/c1-9(17-2)11-4-3-7-18-14(11)19-13-8-10(15)5-6-12(13)16/h3-9,17H,1-2H3. The molecule has 1 atom stereocenters. The van der Waals surface area contributed by atoms with E-state index in [2.05, 4.69) is 23.3 Å². The Labute approximate surface area is 127 Å². The van der Waals surface area contributed by atoms with Crippen LogP contribution in [0.25, 0.3) is 0 Å². The number of rotatable bonds is 4. The van der Waals surface area contributed by atoms with Crippen molar-refractivity contribution >= 4 is 35.0 Å². The predicted molar refractivity (Wildman–Crippen MR) is 82.3 cm³/mol. The van der Waals surface area contributed by atoms with Gasteiger partial charge in [-0.05, 0) is 38.2 Å². The van der Waals surface area contributed by atoms with Gasteiger partial charge in [-0.1, -0.05) is 41.0 Å². The Balaban J connectivity index is 2.35. The van der Waals surface area contributed by atoms with Crippen LogP contribution in [0.1, 0.15) is 18.5 Å². The molecule has 1 N–H and O–H groups in total. The summed E-state index contributed by atoms with van der Waals surface area (Å²) >= 11 is 13.7. The number of nitrogens with one attached hydrogen (secondary N) is 1. The zero-order valence-electron chi connectivity index (χ0n) is 10.7. The SMILES string of the molecule is CNC(C)c1cccnc1Sc1cc(Cl)ccc1Cl. The van der Waals surface area contributed by atoms with Crippen LogP contribution in [0.4, 0.5) is 0 Å². The summed E-state index contributed by atoms with van der Waals surface area (Å²) in [5.41, 5.74) is 1.14. The molecule has 0 aliphatic heterocycles. The molecule has 1 aromatic carbocycles. The first kappa shape index (κ1) is 14.7. The molecule has 0 aliphatic carbocycles. The van der Waals surface area contributed by atoms with E-state index in [0.29, 0.717) is 10.0 Å². The second kappa shape index (κ2) is 6.62. The lowest BCUT2D eigenvalue weighted by Crippen LogP contribution is -2.13. The maximum atomic E-state index is 6.19. The van der Waals surface area contributed by atoms with Crippen molar-refractivity contribution in [3.8, 4) is 0 Å². The summed E-state index contributed by atoms with van der Waals surface area (Å²) in [5.74, 6) is 0. The Morgan fingerprint density at radius 3 is 2.79 bits per heavy atom. The first-order valence-corrected chi connectivity index (χ1v) is 7.44. The number of benzene rings is 1. The molecule has 2 nitrogen and oxygen atoms in total. The molecular weight excluding hydrogens is 299 g/mol. The summed E-state index contributed by atoms with van der Waals surface area (Å²) in [6, 6.07) is 9.67. The monoisotopic (exact) mass is 312 g/mol. The van der Waals surface area contributed by atoms with Crippen molar-refractivity contribution in [2.45, 2.75) is 22.9 Å². The second-order valence-electron chi connectivity index (χ2n) is 4.08. The number of nitrogens with zero attached hydrogens (tertiary/aromatic N) is 1. The zero-order chi connectivity index (χ0) is 13.8. The lowest BCUT2D eigenvalue weighted by atomic mass is 10.1. The van der Waals surface area contributed by atoms with Crippen LogP contribution < -0.4 is 5.32 Å². The third-order valence-corrected chi connectivity index (χ3v) is 4.57. The lowest BCUT2D eigenvalue weighted by molar-refractivity contribution is 0.634. The summed E-state index contributed by atoms with van der Waals surface area (Å²) in [6.07, 6.45) is 1.78. The van der Waals surface area contributed by atoms with E-state index in [1.54, 1.807) is 18.3 Å². The summed E-state index contributed by atoms with van der Waals surface area (Å²) < 4.78 is 0. The van der Waals surface area contributed by atoms with Gasteiger partial charge in [0, 0.05) is 27.7 Å². The normalized spacial score (nSPS) is 12.4. The number of hydrogen-bond acceptors (Lipinski definition) is 3. The third kappa shape index (κ3) is 3.63. The molecule has 0 bridgehead atoms. The van der Waals surface area contributed by atoms with Crippen molar-refractivity contribution in [1.82, 2.24) is 10.3 Å². The predicted octanol–water partition coefficient (Wildman–Crippen LogP) is 4.82. The molecule has 1 unspecified atom stereocenters. The van der Waals surface area contributed by atoms with Crippen molar-refractivity contribution in [1.29, 1.82) is 0 Å². The fourth-order valence-corrected chi connectivity index (χ4v) is 3.14. The maximum absolute atomic E-state index is 6.19. The molecule has 100 valence electrons. The van der Waals surface area contributed by atoms with Gasteiger partial charge in [-0.3, -0.25) is 0 Å². The van der Waals surface area contributed by atoms with E-state index in [1.807, 2.05) is 19.2 Å². The highest BCUT2D eigenvalue weighted by Gasteiger charge is 2.12. The van der Waals surface area contributed by atoms with Gasteiger partial charge in [0.1, 0.15) is 5.03 Å². The first-order chi connectivity index (χ1) is 9.11. The van der Waals surface area contributed by atoms with E-state index in [9.17, 15) is 0 Å². The highest BCUT2D eigenvalue weighted by Crippen LogP contribution is 2.36.